The number of anilines is 1. The van der Waals surface area contributed by atoms with Gasteiger partial charge >= 0.3 is 5.69 Å². The van der Waals surface area contributed by atoms with Crippen molar-refractivity contribution in [1.82, 2.24) is 9.97 Å². The van der Waals surface area contributed by atoms with Crippen molar-refractivity contribution in [2.75, 3.05) is 11.9 Å². The monoisotopic (exact) mass is 316 g/mol. The quantitative estimate of drug-likeness (QED) is 0.622. The average Bonchev–Trinajstić information content (AvgIpc) is 2.46. The molecule has 0 unspecified atom stereocenters. The molecule has 0 atom stereocenters. The summed E-state index contributed by atoms with van der Waals surface area (Å²) in [7, 11) is 1.89. The molecule has 0 N–H and O–H groups in total. The van der Waals surface area contributed by atoms with Crippen LogP contribution in [0.1, 0.15) is 26.5 Å². The molecule has 23 heavy (non-hydrogen) atoms. The van der Waals surface area contributed by atoms with Gasteiger partial charge in [-0.3, -0.25) is 20.1 Å². The van der Waals surface area contributed by atoms with E-state index >= 15 is 0 Å². The topological polar surface area (TPSA) is 81.4 Å². The molecule has 0 bridgehead atoms. The molecule has 0 radical (unpaired) electrons. The van der Waals surface area contributed by atoms with E-state index in [0.717, 1.165) is 11.4 Å². The first-order valence-corrected chi connectivity index (χ1v) is 7.20. The average molecular weight is 316 g/mol. The van der Waals surface area contributed by atoms with Crippen LogP contribution in [0.5, 0.6) is 5.75 Å². The van der Waals surface area contributed by atoms with E-state index in [9.17, 15) is 10.1 Å². The predicted molar refractivity (Wildman–Crippen MR) is 87.6 cm³/mol. The van der Waals surface area contributed by atoms with Gasteiger partial charge in [-0.1, -0.05) is 0 Å². The predicted octanol–water partition coefficient (Wildman–Crippen LogP) is 3.20. The zero-order valence-corrected chi connectivity index (χ0v) is 13.7. The third kappa shape index (κ3) is 4.64. The molecular formula is C16H20N4O3. The standard InChI is InChI=1S/C16H20N4O3/c1-16(2,3)23-15-9-13(5-6-14(15)20(21)22)19(4)11-12-10-17-7-8-18-12/h5-10H,11H2,1-4H3. The lowest BCUT2D eigenvalue weighted by Gasteiger charge is -2.23. The molecule has 0 saturated heterocycles. The van der Waals surface area contributed by atoms with Crippen LogP contribution in [0.4, 0.5) is 11.4 Å². The Bertz CT molecular complexity index is 683. The van der Waals surface area contributed by atoms with Gasteiger partial charge in [-0.15, -0.1) is 0 Å². The van der Waals surface area contributed by atoms with Gasteiger partial charge in [-0.25, -0.2) is 0 Å². The van der Waals surface area contributed by atoms with Gasteiger partial charge in [0.2, 0.25) is 0 Å². The van der Waals surface area contributed by atoms with Crippen LogP contribution in [0.3, 0.4) is 0 Å². The molecule has 0 spiro atoms. The van der Waals surface area contributed by atoms with Crippen molar-refractivity contribution >= 4 is 11.4 Å². The minimum atomic E-state index is -0.521. The van der Waals surface area contributed by atoms with Crippen LogP contribution >= 0.6 is 0 Å². The van der Waals surface area contributed by atoms with E-state index in [-0.39, 0.29) is 11.4 Å². The highest BCUT2D eigenvalue weighted by atomic mass is 16.6. The molecule has 1 heterocycles. The molecule has 1 aromatic carbocycles. The van der Waals surface area contributed by atoms with Gasteiger partial charge in [-0.05, 0) is 26.8 Å². The summed E-state index contributed by atoms with van der Waals surface area (Å²) in [4.78, 5) is 20.9. The summed E-state index contributed by atoms with van der Waals surface area (Å²) in [5.74, 6) is 0.256. The highest BCUT2D eigenvalue weighted by Gasteiger charge is 2.22. The van der Waals surface area contributed by atoms with Gasteiger partial charge in [0, 0.05) is 37.3 Å². The van der Waals surface area contributed by atoms with Gasteiger partial charge in [-0.2, -0.15) is 0 Å². The Balaban J connectivity index is 2.28. The fourth-order valence-corrected chi connectivity index (χ4v) is 2.05. The molecule has 7 nitrogen and oxygen atoms in total. The summed E-state index contributed by atoms with van der Waals surface area (Å²) in [5.41, 5.74) is 1.05. The maximum Gasteiger partial charge on any atom is 0.311 e. The van der Waals surface area contributed by atoms with E-state index in [1.807, 2.05) is 32.7 Å². The van der Waals surface area contributed by atoms with Gasteiger partial charge in [0.1, 0.15) is 5.60 Å². The maximum atomic E-state index is 11.2. The van der Waals surface area contributed by atoms with Crippen LogP contribution in [0.2, 0.25) is 0 Å². The van der Waals surface area contributed by atoms with Crippen LogP contribution in [-0.4, -0.2) is 27.5 Å². The van der Waals surface area contributed by atoms with Crippen LogP contribution in [0, 0.1) is 10.1 Å². The van der Waals surface area contributed by atoms with Gasteiger partial charge in [0.15, 0.2) is 5.75 Å². The first-order valence-electron chi connectivity index (χ1n) is 7.20. The Morgan fingerprint density at radius 3 is 2.61 bits per heavy atom. The Kier molecular flexibility index (Phi) is 4.78. The third-order valence-corrected chi connectivity index (χ3v) is 3.01. The van der Waals surface area contributed by atoms with Crippen molar-refractivity contribution in [3.63, 3.8) is 0 Å². The SMILES string of the molecule is CN(Cc1cnccn1)c1ccc([N+](=O)[O-])c(OC(C)(C)C)c1. The second kappa shape index (κ2) is 6.60. The number of benzene rings is 1. The van der Waals surface area contributed by atoms with Gasteiger partial charge in [0.05, 0.1) is 23.4 Å². The zero-order valence-electron chi connectivity index (χ0n) is 13.7. The van der Waals surface area contributed by atoms with Crippen LogP contribution in [0.25, 0.3) is 0 Å². The molecule has 122 valence electrons. The third-order valence-electron chi connectivity index (χ3n) is 3.01. The number of nitrogens with zero attached hydrogens (tertiary/aromatic N) is 4. The molecule has 0 amide bonds. The largest absolute Gasteiger partial charge is 0.481 e. The highest BCUT2D eigenvalue weighted by molar-refractivity contribution is 5.59. The minimum absolute atomic E-state index is 0.0448. The van der Waals surface area contributed by atoms with Gasteiger partial charge < -0.3 is 9.64 Å². The molecule has 0 aliphatic rings. The highest BCUT2D eigenvalue weighted by Crippen LogP contribution is 2.34. The zero-order chi connectivity index (χ0) is 17.0. The molecular weight excluding hydrogens is 296 g/mol. The summed E-state index contributed by atoms with van der Waals surface area (Å²) >= 11 is 0. The van der Waals surface area contributed by atoms with Gasteiger partial charge in [0.25, 0.3) is 0 Å². The lowest BCUT2D eigenvalue weighted by molar-refractivity contribution is -0.386. The van der Waals surface area contributed by atoms with Crippen molar-refractivity contribution in [2.45, 2.75) is 32.9 Å². The molecule has 1 aromatic heterocycles. The maximum absolute atomic E-state index is 11.2. The number of hydrogen-bond acceptors (Lipinski definition) is 6. The molecule has 2 aromatic rings. The number of rotatable bonds is 5. The van der Waals surface area contributed by atoms with E-state index < -0.39 is 10.5 Å². The minimum Gasteiger partial charge on any atom is -0.481 e. The Labute approximate surface area is 135 Å². The summed E-state index contributed by atoms with van der Waals surface area (Å²) in [6, 6.07) is 4.84. The molecule has 0 saturated carbocycles. The van der Waals surface area contributed by atoms with Crippen LogP contribution in [-0.2, 0) is 6.54 Å². The lowest BCUT2D eigenvalue weighted by atomic mass is 10.1. The molecule has 2 rings (SSSR count). The van der Waals surface area contributed by atoms with E-state index in [0.29, 0.717) is 6.54 Å². The smallest absolute Gasteiger partial charge is 0.311 e. The number of nitro benzene ring substituents is 1. The van der Waals surface area contributed by atoms with E-state index in [4.69, 9.17) is 4.74 Å². The number of ether oxygens (including phenoxy) is 1. The Morgan fingerprint density at radius 2 is 2.04 bits per heavy atom. The van der Waals surface area contributed by atoms with Crippen molar-refractivity contribution in [3.05, 3.63) is 52.6 Å². The molecule has 0 aliphatic carbocycles. The summed E-state index contributed by atoms with van der Waals surface area (Å²) < 4.78 is 5.74. The molecule has 0 aliphatic heterocycles. The van der Waals surface area contributed by atoms with Crippen molar-refractivity contribution in [3.8, 4) is 5.75 Å². The second-order valence-electron chi connectivity index (χ2n) is 6.18. The fraction of sp³-hybridized carbons (Fsp3) is 0.375. The molecule has 0 fully saturated rings. The number of nitro groups is 1. The fourth-order valence-electron chi connectivity index (χ4n) is 2.05. The number of hydrogen-bond donors (Lipinski definition) is 0. The van der Waals surface area contributed by atoms with E-state index in [1.54, 1.807) is 30.7 Å². The molecule has 7 heteroatoms. The Morgan fingerprint density at radius 1 is 1.30 bits per heavy atom. The van der Waals surface area contributed by atoms with Crippen molar-refractivity contribution in [1.29, 1.82) is 0 Å². The first-order chi connectivity index (χ1) is 10.8. The van der Waals surface area contributed by atoms with E-state index in [2.05, 4.69) is 9.97 Å². The summed E-state index contributed by atoms with van der Waals surface area (Å²) in [6.07, 6.45) is 4.94. The van der Waals surface area contributed by atoms with E-state index in [1.165, 1.54) is 6.07 Å². The Hall–Kier alpha value is -2.70. The summed E-state index contributed by atoms with van der Waals surface area (Å²) in [6.45, 7) is 6.10. The lowest BCUT2D eigenvalue weighted by Crippen LogP contribution is -2.24. The van der Waals surface area contributed by atoms with Crippen LogP contribution in [0.15, 0.2) is 36.8 Å². The summed E-state index contributed by atoms with van der Waals surface area (Å²) in [5, 5.41) is 11.2. The van der Waals surface area contributed by atoms with Crippen molar-refractivity contribution < 1.29 is 9.66 Å². The van der Waals surface area contributed by atoms with Crippen molar-refractivity contribution in [2.24, 2.45) is 0 Å². The first kappa shape index (κ1) is 16.7. The second-order valence-corrected chi connectivity index (χ2v) is 6.18. The number of aromatic nitrogens is 2. The normalized spacial score (nSPS) is 11.1. The van der Waals surface area contributed by atoms with Crippen LogP contribution < -0.4 is 9.64 Å².